The number of amides is 2. The van der Waals surface area contributed by atoms with Crippen LogP contribution in [0.5, 0.6) is 0 Å². The molecule has 0 saturated carbocycles. The summed E-state index contributed by atoms with van der Waals surface area (Å²) in [6.45, 7) is 0.280. The Kier molecular flexibility index (Phi) is 5.55. The zero-order valence-corrected chi connectivity index (χ0v) is 13.0. The van der Waals surface area contributed by atoms with Crippen LogP contribution in [-0.4, -0.2) is 48.3 Å². The van der Waals surface area contributed by atoms with Crippen LogP contribution in [0, 0.1) is 3.57 Å². The van der Waals surface area contributed by atoms with E-state index in [1.165, 1.54) is 26.1 Å². The molecule has 0 aromatic heterocycles. The number of carboxylic acid groups (broad SMARTS) is 1. The number of benzene rings is 1. The van der Waals surface area contributed by atoms with E-state index in [9.17, 15) is 9.59 Å². The number of rotatable bonds is 4. The minimum absolute atomic E-state index is 0.251. The highest BCUT2D eigenvalue weighted by atomic mass is 127. The Bertz CT molecular complexity index is 493. The second-order valence-corrected chi connectivity index (χ2v) is 5.09. The lowest BCUT2D eigenvalue weighted by Gasteiger charge is -2.16. The first-order valence-corrected chi connectivity index (χ1v) is 6.49. The second kappa shape index (κ2) is 6.71. The molecule has 0 fully saturated rings. The van der Waals surface area contributed by atoms with Crippen LogP contribution in [0.3, 0.4) is 0 Å². The third kappa shape index (κ3) is 4.06. The minimum Gasteiger partial charge on any atom is -0.465 e. The van der Waals surface area contributed by atoms with Crippen LogP contribution in [0.2, 0.25) is 0 Å². The molecule has 2 amide bonds. The summed E-state index contributed by atoms with van der Waals surface area (Å²) in [6, 6.07) is 5.12. The van der Waals surface area contributed by atoms with Gasteiger partial charge in [0.2, 0.25) is 0 Å². The zero-order chi connectivity index (χ0) is 14.6. The molecule has 0 radical (unpaired) electrons. The van der Waals surface area contributed by atoms with Gasteiger partial charge in [-0.15, -0.1) is 0 Å². The van der Waals surface area contributed by atoms with Gasteiger partial charge in [0.1, 0.15) is 0 Å². The smallest absolute Gasteiger partial charge is 0.407 e. The van der Waals surface area contributed by atoms with Gasteiger partial charge in [-0.1, -0.05) is 6.07 Å². The van der Waals surface area contributed by atoms with Crippen LogP contribution in [0.1, 0.15) is 15.9 Å². The Morgan fingerprint density at radius 3 is 2.47 bits per heavy atom. The first kappa shape index (κ1) is 15.7. The van der Waals surface area contributed by atoms with Crippen LogP contribution in [0.15, 0.2) is 18.2 Å². The zero-order valence-electron chi connectivity index (χ0n) is 10.9. The summed E-state index contributed by atoms with van der Waals surface area (Å²) in [5.74, 6) is -0.251. The molecule has 0 aliphatic carbocycles. The second-order valence-electron chi connectivity index (χ2n) is 3.93. The molecule has 0 heterocycles. The van der Waals surface area contributed by atoms with Crippen molar-refractivity contribution < 1.29 is 19.5 Å². The van der Waals surface area contributed by atoms with Crippen molar-refractivity contribution in [1.29, 1.82) is 0 Å². The number of carbonyl (C=O) groups is 2. The van der Waals surface area contributed by atoms with Gasteiger partial charge in [0, 0.05) is 29.8 Å². The number of nitrogens with zero attached hydrogens (tertiary/aromatic N) is 2. The van der Waals surface area contributed by atoms with Crippen molar-refractivity contribution in [1.82, 2.24) is 9.96 Å². The molecule has 1 N–H and O–H groups in total. The van der Waals surface area contributed by atoms with Crippen molar-refractivity contribution in [3.8, 4) is 0 Å². The fourth-order valence-electron chi connectivity index (χ4n) is 1.40. The third-order valence-corrected chi connectivity index (χ3v) is 3.60. The quantitative estimate of drug-likeness (QED) is 0.643. The average molecular weight is 378 g/mol. The van der Waals surface area contributed by atoms with Gasteiger partial charge in [-0.05, 0) is 40.3 Å². The summed E-state index contributed by atoms with van der Waals surface area (Å²) in [7, 11) is 4.44. The highest BCUT2D eigenvalue weighted by Gasteiger charge is 2.14. The molecule has 1 aromatic carbocycles. The maximum absolute atomic E-state index is 11.9. The van der Waals surface area contributed by atoms with Gasteiger partial charge in [0.05, 0.1) is 7.11 Å². The lowest BCUT2D eigenvalue weighted by Crippen LogP contribution is -2.26. The van der Waals surface area contributed by atoms with Crippen LogP contribution in [0.4, 0.5) is 4.79 Å². The first-order chi connectivity index (χ1) is 8.86. The monoisotopic (exact) mass is 378 g/mol. The fraction of sp³-hybridized carbons (Fsp3) is 0.333. The van der Waals surface area contributed by atoms with E-state index in [0.717, 1.165) is 14.2 Å². The summed E-state index contributed by atoms with van der Waals surface area (Å²) in [5.41, 5.74) is 1.34. The topological polar surface area (TPSA) is 70.1 Å². The van der Waals surface area contributed by atoms with E-state index in [2.05, 4.69) is 22.6 Å². The Labute approximate surface area is 125 Å². The van der Waals surface area contributed by atoms with E-state index in [4.69, 9.17) is 9.94 Å². The molecule has 0 spiro atoms. The minimum atomic E-state index is -0.991. The van der Waals surface area contributed by atoms with Crippen LogP contribution in [-0.2, 0) is 11.4 Å². The predicted molar refractivity (Wildman–Crippen MR) is 77.8 cm³/mol. The predicted octanol–water partition coefficient (Wildman–Crippen LogP) is 2.03. The van der Waals surface area contributed by atoms with Gasteiger partial charge in [0.15, 0.2) is 0 Å². The molecular weight excluding hydrogens is 363 g/mol. The van der Waals surface area contributed by atoms with Crippen molar-refractivity contribution in [2.24, 2.45) is 0 Å². The van der Waals surface area contributed by atoms with Crippen LogP contribution >= 0.6 is 22.6 Å². The van der Waals surface area contributed by atoms with E-state index >= 15 is 0 Å². The molecule has 0 unspecified atom stereocenters. The molecule has 0 atom stereocenters. The summed E-state index contributed by atoms with van der Waals surface area (Å²) in [4.78, 5) is 28.6. The van der Waals surface area contributed by atoms with Crippen LogP contribution < -0.4 is 0 Å². The Morgan fingerprint density at radius 1 is 1.37 bits per heavy atom. The molecule has 104 valence electrons. The van der Waals surface area contributed by atoms with Crippen molar-refractivity contribution in [2.75, 3.05) is 21.2 Å². The number of hydrogen-bond acceptors (Lipinski definition) is 3. The number of halogens is 1. The van der Waals surface area contributed by atoms with E-state index in [-0.39, 0.29) is 12.5 Å². The lowest BCUT2D eigenvalue weighted by atomic mass is 10.1. The Morgan fingerprint density at radius 2 is 2.00 bits per heavy atom. The van der Waals surface area contributed by atoms with Gasteiger partial charge in [-0.2, -0.15) is 0 Å². The van der Waals surface area contributed by atoms with Gasteiger partial charge in [-0.25, -0.2) is 9.86 Å². The molecule has 0 aliphatic heterocycles. The van der Waals surface area contributed by atoms with Crippen LogP contribution in [0.25, 0.3) is 0 Å². The number of carbonyl (C=O) groups excluding carboxylic acids is 1. The summed E-state index contributed by atoms with van der Waals surface area (Å²) >= 11 is 2.08. The van der Waals surface area contributed by atoms with E-state index in [0.29, 0.717) is 5.56 Å². The molecule has 7 heteroatoms. The van der Waals surface area contributed by atoms with Crippen molar-refractivity contribution in [3.63, 3.8) is 0 Å². The standard InChI is InChI=1S/C12H15IN2O4/c1-14(12(17)18)7-9-5-4-8(6-10(9)13)11(16)15(2)19-3/h4-6H,7H2,1-3H3,(H,17,18). The highest BCUT2D eigenvalue weighted by molar-refractivity contribution is 14.1. The van der Waals surface area contributed by atoms with Gasteiger partial charge in [0.25, 0.3) is 5.91 Å². The average Bonchev–Trinajstić information content (AvgIpc) is 2.38. The first-order valence-electron chi connectivity index (χ1n) is 5.41. The molecule has 0 aliphatic rings. The van der Waals surface area contributed by atoms with Gasteiger partial charge < -0.3 is 10.0 Å². The van der Waals surface area contributed by atoms with Crippen molar-refractivity contribution >= 4 is 34.6 Å². The molecule has 6 nitrogen and oxygen atoms in total. The number of hydroxylamine groups is 2. The van der Waals surface area contributed by atoms with E-state index < -0.39 is 6.09 Å². The van der Waals surface area contributed by atoms with Crippen molar-refractivity contribution in [2.45, 2.75) is 6.54 Å². The lowest BCUT2D eigenvalue weighted by molar-refractivity contribution is -0.0757. The van der Waals surface area contributed by atoms with E-state index in [1.54, 1.807) is 18.2 Å². The van der Waals surface area contributed by atoms with Gasteiger partial charge >= 0.3 is 6.09 Å². The maximum Gasteiger partial charge on any atom is 0.407 e. The number of hydrogen-bond donors (Lipinski definition) is 1. The molecule has 19 heavy (non-hydrogen) atoms. The maximum atomic E-state index is 11.9. The summed E-state index contributed by atoms with van der Waals surface area (Å²) in [5, 5.41) is 9.96. The van der Waals surface area contributed by atoms with Crippen molar-refractivity contribution in [3.05, 3.63) is 32.9 Å². The van der Waals surface area contributed by atoms with E-state index in [1.807, 2.05) is 0 Å². The Hall–Kier alpha value is -1.35. The summed E-state index contributed by atoms with van der Waals surface area (Å²) in [6.07, 6.45) is -0.991. The van der Waals surface area contributed by atoms with Gasteiger partial charge in [-0.3, -0.25) is 9.63 Å². The fourth-order valence-corrected chi connectivity index (χ4v) is 2.08. The summed E-state index contributed by atoms with van der Waals surface area (Å²) < 4.78 is 0.834. The molecule has 0 saturated heterocycles. The molecular formula is C12H15IN2O4. The third-order valence-electron chi connectivity index (χ3n) is 2.59. The largest absolute Gasteiger partial charge is 0.465 e. The SMILES string of the molecule is CON(C)C(=O)c1ccc(CN(C)C(=O)O)c(I)c1. The Balaban J connectivity index is 2.91. The molecule has 0 bridgehead atoms. The normalized spacial score (nSPS) is 10.1. The highest BCUT2D eigenvalue weighted by Crippen LogP contribution is 2.17. The molecule has 1 rings (SSSR count). The molecule has 1 aromatic rings.